The van der Waals surface area contributed by atoms with Gasteiger partial charge in [-0.15, -0.1) is 0 Å². The van der Waals surface area contributed by atoms with Crippen LogP contribution in [-0.4, -0.2) is 10.2 Å². The molecule has 0 unspecified atom stereocenters. The van der Waals surface area contributed by atoms with E-state index in [0.717, 1.165) is 11.1 Å². The van der Waals surface area contributed by atoms with Gasteiger partial charge in [0.2, 0.25) is 0 Å². The van der Waals surface area contributed by atoms with Gasteiger partial charge in [0.15, 0.2) is 0 Å². The molecule has 0 saturated heterocycles. The molecule has 2 aromatic rings. The molecule has 0 N–H and O–H groups in total. The van der Waals surface area contributed by atoms with Crippen LogP contribution < -0.4 is 0 Å². The Labute approximate surface area is 109 Å². The van der Waals surface area contributed by atoms with Gasteiger partial charge in [-0.3, -0.25) is 9.78 Å². The highest BCUT2D eigenvalue weighted by Crippen LogP contribution is 2.23. The maximum atomic E-state index is 11.2. The Morgan fingerprint density at radius 3 is 2.41 bits per heavy atom. The second-order valence-corrected chi connectivity index (χ2v) is 4.42. The SMILES string of the molecule is Cc1ncc(-c2ccc(Cl)cc2)cc1C(=O)Cl. The van der Waals surface area contributed by atoms with E-state index in [9.17, 15) is 4.79 Å². The maximum Gasteiger partial charge on any atom is 0.254 e. The van der Waals surface area contributed by atoms with E-state index in [1.807, 2.05) is 12.1 Å². The number of nitrogens with zero attached hydrogens (tertiary/aromatic N) is 1. The molecule has 4 heteroatoms. The van der Waals surface area contributed by atoms with Crippen LogP contribution in [0.2, 0.25) is 5.02 Å². The highest BCUT2D eigenvalue weighted by Gasteiger charge is 2.09. The Morgan fingerprint density at radius 1 is 1.18 bits per heavy atom. The summed E-state index contributed by atoms with van der Waals surface area (Å²) in [7, 11) is 0. The van der Waals surface area contributed by atoms with Gasteiger partial charge in [-0.25, -0.2) is 0 Å². The zero-order valence-corrected chi connectivity index (χ0v) is 10.6. The molecular formula is C13H9Cl2NO. The average molecular weight is 266 g/mol. The number of hydrogen-bond donors (Lipinski definition) is 0. The predicted octanol–water partition coefficient (Wildman–Crippen LogP) is 4.09. The van der Waals surface area contributed by atoms with Crippen molar-refractivity contribution >= 4 is 28.4 Å². The van der Waals surface area contributed by atoms with Crippen molar-refractivity contribution in [1.29, 1.82) is 0 Å². The monoisotopic (exact) mass is 265 g/mol. The van der Waals surface area contributed by atoms with Gasteiger partial charge in [-0.05, 0) is 42.3 Å². The molecular weight excluding hydrogens is 257 g/mol. The fourth-order valence-electron chi connectivity index (χ4n) is 1.53. The summed E-state index contributed by atoms with van der Waals surface area (Å²) in [5.74, 6) is 0. The third kappa shape index (κ3) is 2.65. The summed E-state index contributed by atoms with van der Waals surface area (Å²) in [6.07, 6.45) is 1.71. The first kappa shape index (κ1) is 12.1. The minimum absolute atomic E-state index is 0.430. The molecule has 1 heterocycles. The van der Waals surface area contributed by atoms with Gasteiger partial charge >= 0.3 is 0 Å². The van der Waals surface area contributed by atoms with Crippen LogP contribution >= 0.6 is 23.2 Å². The number of pyridine rings is 1. The number of aromatic nitrogens is 1. The molecule has 0 aliphatic rings. The molecule has 86 valence electrons. The lowest BCUT2D eigenvalue weighted by molar-refractivity contribution is 0.108. The molecule has 0 fully saturated rings. The van der Waals surface area contributed by atoms with Crippen molar-refractivity contribution in [2.75, 3.05) is 0 Å². The fourth-order valence-corrected chi connectivity index (χ4v) is 1.85. The Kier molecular flexibility index (Phi) is 3.46. The summed E-state index contributed by atoms with van der Waals surface area (Å²) in [5, 5.41) is 0.174. The minimum Gasteiger partial charge on any atom is -0.276 e. The standard InChI is InChI=1S/C13H9Cl2NO/c1-8-12(13(15)17)6-10(7-16-8)9-2-4-11(14)5-3-9/h2-7H,1H3. The third-order valence-corrected chi connectivity index (χ3v) is 2.93. The number of hydrogen-bond acceptors (Lipinski definition) is 2. The van der Waals surface area contributed by atoms with Gasteiger partial charge in [0.25, 0.3) is 5.24 Å². The molecule has 0 atom stereocenters. The van der Waals surface area contributed by atoms with Crippen molar-refractivity contribution in [2.24, 2.45) is 0 Å². The van der Waals surface area contributed by atoms with Gasteiger partial charge in [-0.1, -0.05) is 23.7 Å². The summed E-state index contributed by atoms with van der Waals surface area (Å²) < 4.78 is 0. The van der Waals surface area contributed by atoms with Gasteiger partial charge in [-0.2, -0.15) is 0 Å². The minimum atomic E-state index is -0.495. The van der Waals surface area contributed by atoms with E-state index in [0.29, 0.717) is 16.3 Å². The molecule has 17 heavy (non-hydrogen) atoms. The van der Waals surface area contributed by atoms with Crippen LogP contribution in [-0.2, 0) is 0 Å². The molecule has 0 bridgehead atoms. The molecule has 0 aliphatic carbocycles. The van der Waals surface area contributed by atoms with Crippen LogP contribution in [0.25, 0.3) is 11.1 Å². The number of rotatable bonds is 2. The van der Waals surface area contributed by atoms with E-state index >= 15 is 0 Å². The number of aryl methyl sites for hydroxylation is 1. The third-order valence-electron chi connectivity index (χ3n) is 2.48. The summed E-state index contributed by atoms with van der Waals surface area (Å²) in [6, 6.07) is 9.06. The number of carbonyl (C=O) groups is 1. The molecule has 2 rings (SSSR count). The Hall–Kier alpha value is -1.38. The highest BCUT2D eigenvalue weighted by molar-refractivity contribution is 6.67. The zero-order valence-electron chi connectivity index (χ0n) is 9.08. The van der Waals surface area contributed by atoms with Gasteiger partial charge in [0, 0.05) is 22.5 Å². The van der Waals surface area contributed by atoms with Gasteiger partial charge < -0.3 is 0 Å². The number of benzene rings is 1. The molecule has 2 nitrogen and oxygen atoms in total. The van der Waals surface area contributed by atoms with Crippen LogP contribution in [0.15, 0.2) is 36.5 Å². The van der Waals surface area contributed by atoms with Crippen molar-refractivity contribution in [3.63, 3.8) is 0 Å². The van der Waals surface area contributed by atoms with E-state index in [1.54, 1.807) is 31.3 Å². The lowest BCUT2D eigenvalue weighted by Crippen LogP contribution is -1.97. The zero-order chi connectivity index (χ0) is 12.4. The maximum absolute atomic E-state index is 11.2. The van der Waals surface area contributed by atoms with Crippen LogP contribution in [0.5, 0.6) is 0 Å². The molecule has 0 spiro atoms. The highest BCUT2D eigenvalue weighted by atomic mass is 35.5. The molecule has 0 saturated carbocycles. The van der Waals surface area contributed by atoms with Crippen LogP contribution in [0.3, 0.4) is 0 Å². The smallest absolute Gasteiger partial charge is 0.254 e. The summed E-state index contributed by atoms with van der Waals surface area (Å²) in [5.41, 5.74) is 2.85. The van der Waals surface area contributed by atoms with Crippen LogP contribution in [0.1, 0.15) is 16.1 Å². The number of carbonyl (C=O) groups excluding carboxylic acids is 1. The largest absolute Gasteiger partial charge is 0.276 e. The van der Waals surface area contributed by atoms with Crippen LogP contribution in [0, 0.1) is 6.92 Å². The van der Waals surface area contributed by atoms with E-state index < -0.39 is 5.24 Å². The molecule has 1 aromatic carbocycles. The van der Waals surface area contributed by atoms with Crippen molar-refractivity contribution in [3.05, 3.63) is 52.8 Å². The average Bonchev–Trinajstić information content (AvgIpc) is 2.30. The second kappa shape index (κ2) is 4.86. The first-order chi connectivity index (χ1) is 8.08. The quantitative estimate of drug-likeness (QED) is 0.766. The number of halogens is 2. The summed E-state index contributed by atoms with van der Waals surface area (Å²) >= 11 is 11.3. The van der Waals surface area contributed by atoms with E-state index in [4.69, 9.17) is 23.2 Å². The second-order valence-electron chi connectivity index (χ2n) is 3.64. The summed E-state index contributed by atoms with van der Waals surface area (Å²) in [4.78, 5) is 15.4. The van der Waals surface area contributed by atoms with Crippen molar-refractivity contribution < 1.29 is 4.79 Å². The predicted molar refractivity (Wildman–Crippen MR) is 69.6 cm³/mol. The van der Waals surface area contributed by atoms with Crippen LogP contribution in [0.4, 0.5) is 0 Å². The molecule has 0 amide bonds. The normalized spacial score (nSPS) is 10.3. The Morgan fingerprint density at radius 2 is 1.82 bits per heavy atom. The van der Waals surface area contributed by atoms with Crippen molar-refractivity contribution in [1.82, 2.24) is 4.98 Å². The molecule has 0 radical (unpaired) electrons. The summed E-state index contributed by atoms with van der Waals surface area (Å²) in [6.45, 7) is 1.75. The first-order valence-corrected chi connectivity index (χ1v) is 5.76. The lowest BCUT2D eigenvalue weighted by Gasteiger charge is -2.05. The first-order valence-electron chi connectivity index (χ1n) is 5.00. The Bertz CT molecular complexity index is 564. The van der Waals surface area contributed by atoms with Crippen molar-refractivity contribution in [3.8, 4) is 11.1 Å². The van der Waals surface area contributed by atoms with Gasteiger partial charge in [0.05, 0.1) is 5.56 Å². The lowest BCUT2D eigenvalue weighted by atomic mass is 10.1. The molecule has 1 aromatic heterocycles. The topological polar surface area (TPSA) is 30.0 Å². The van der Waals surface area contributed by atoms with Crippen molar-refractivity contribution in [2.45, 2.75) is 6.92 Å². The molecule has 0 aliphatic heterocycles. The Balaban J connectivity index is 2.50. The van der Waals surface area contributed by atoms with E-state index in [1.165, 1.54) is 0 Å². The van der Waals surface area contributed by atoms with E-state index in [2.05, 4.69) is 4.98 Å². The van der Waals surface area contributed by atoms with E-state index in [-0.39, 0.29) is 0 Å². The fraction of sp³-hybridized carbons (Fsp3) is 0.0769. The van der Waals surface area contributed by atoms with Gasteiger partial charge in [0.1, 0.15) is 0 Å².